The van der Waals surface area contributed by atoms with E-state index in [1.165, 1.54) is 6.26 Å². The highest BCUT2D eigenvalue weighted by molar-refractivity contribution is 6.30. The topological polar surface area (TPSA) is 55.0 Å². The van der Waals surface area contributed by atoms with Gasteiger partial charge in [0.25, 0.3) is 5.91 Å². The molecule has 2 atom stereocenters. The summed E-state index contributed by atoms with van der Waals surface area (Å²) in [6, 6.07) is 24.7. The van der Waals surface area contributed by atoms with Crippen LogP contribution < -0.4 is 4.74 Å². The first-order chi connectivity index (χ1) is 19.4. The molecular weight excluding hydrogens is 555 g/mol. The molecule has 1 aliphatic heterocycles. The molecule has 1 aliphatic rings. The third kappa shape index (κ3) is 4.96. The summed E-state index contributed by atoms with van der Waals surface area (Å²) in [6.45, 7) is 13.0. The van der Waals surface area contributed by atoms with Crippen molar-refractivity contribution in [1.29, 1.82) is 0 Å². The average molecular weight is 590 g/mol. The largest absolute Gasteiger partial charge is 0.493 e. The molecule has 0 N–H and O–H groups in total. The lowest BCUT2D eigenvalue weighted by atomic mass is 9.70. The zero-order chi connectivity index (χ0) is 29.6. The summed E-state index contributed by atoms with van der Waals surface area (Å²) in [7, 11) is 0. The van der Waals surface area contributed by atoms with Crippen molar-refractivity contribution in [2.45, 2.75) is 58.0 Å². The summed E-state index contributed by atoms with van der Waals surface area (Å²) in [6.07, 6.45) is 1.50. The number of hydrogen-bond acceptors (Lipinski definition) is 4. The Morgan fingerprint density at radius 1 is 0.927 bits per heavy atom. The fourth-order valence-corrected chi connectivity index (χ4v) is 5.80. The van der Waals surface area contributed by atoms with Gasteiger partial charge in [0, 0.05) is 10.0 Å². The number of benzene rings is 3. The molecule has 0 saturated heterocycles. The summed E-state index contributed by atoms with van der Waals surface area (Å²) in [4.78, 5) is 21.6. The van der Waals surface area contributed by atoms with E-state index in [4.69, 9.17) is 37.3 Å². The number of carbonyl (C=O) groups excluding carboxylic acids is 1. The molecule has 0 radical (unpaired) electrons. The molecule has 212 valence electrons. The number of amides is 1. The molecular formula is C34H34Cl2N2O3. The van der Waals surface area contributed by atoms with Crippen LogP contribution in [-0.2, 0) is 16.5 Å². The minimum atomic E-state index is -1.00. The van der Waals surface area contributed by atoms with E-state index in [9.17, 15) is 4.79 Å². The van der Waals surface area contributed by atoms with Gasteiger partial charge in [-0.25, -0.2) is 0 Å². The normalized spacial score (nSPS) is 20.7. The maximum atomic E-state index is 14.5. The van der Waals surface area contributed by atoms with E-state index in [1.54, 1.807) is 17.0 Å². The molecule has 1 aromatic heterocycles. The molecule has 2 heterocycles. The van der Waals surface area contributed by atoms with Crippen LogP contribution in [0.25, 0.3) is 0 Å². The van der Waals surface area contributed by atoms with Crippen LogP contribution in [-0.4, -0.2) is 23.2 Å². The smallest absolute Gasteiger partial charge is 0.296 e. The zero-order valence-corrected chi connectivity index (χ0v) is 25.7. The number of nitrogens with zero attached hydrogens (tertiary/aromatic N) is 2. The van der Waals surface area contributed by atoms with Crippen LogP contribution in [0.5, 0.6) is 5.75 Å². The minimum absolute atomic E-state index is 0.0960. The fourth-order valence-electron chi connectivity index (χ4n) is 5.54. The van der Waals surface area contributed by atoms with E-state index in [0.29, 0.717) is 28.2 Å². The Balaban J connectivity index is 1.84. The van der Waals surface area contributed by atoms with Gasteiger partial charge in [0.05, 0.1) is 18.4 Å². The fraction of sp³-hybridized carbons (Fsp3) is 0.294. The summed E-state index contributed by atoms with van der Waals surface area (Å²) in [5.41, 5.74) is 1.57. The molecule has 4 aromatic rings. The summed E-state index contributed by atoms with van der Waals surface area (Å²) < 4.78 is 11.9. The van der Waals surface area contributed by atoms with E-state index < -0.39 is 11.1 Å². The second-order valence-corrected chi connectivity index (χ2v) is 12.5. The Morgan fingerprint density at radius 3 is 2.07 bits per heavy atom. The number of ether oxygens (including phenoxy) is 1. The number of amidine groups is 1. The molecule has 0 spiro atoms. The minimum Gasteiger partial charge on any atom is -0.493 e. The monoisotopic (exact) mass is 588 g/mol. The molecule has 5 rings (SSSR count). The molecule has 3 aromatic carbocycles. The Hall–Kier alpha value is -3.54. The van der Waals surface area contributed by atoms with Crippen molar-refractivity contribution < 1.29 is 13.9 Å². The van der Waals surface area contributed by atoms with Crippen molar-refractivity contribution in [3.8, 4) is 5.75 Å². The van der Waals surface area contributed by atoms with Gasteiger partial charge >= 0.3 is 0 Å². The maximum absolute atomic E-state index is 14.5. The molecule has 0 bridgehead atoms. The number of hydrogen-bond donors (Lipinski definition) is 0. The third-order valence-electron chi connectivity index (χ3n) is 8.07. The number of halogens is 2. The summed E-state index contributed by atoms with van der Waals surface area (Å²) in [5, 5.41) is 1.22. The Kier molecular flexibility index (Phi) is 7.56. The average Bonchev–Trinajstić information content (AvgIpc) is 3.55. The SMILES string of the molecule is CCOc1cc(C(C)(C)C)ccc1C1=N[C@@](C)(c2ccc(Cl)cc2)[C@@](C)(c2ccc(Cl)cc2)N1C(=O)c1ccco1. The van der Waals surface area contributed by atoms with Gasteiger partial charge in [0.2, 0.25) is 0 Å². The van der Waals surface area contributed by atoms with Crippen molar-refractivity contribution in [2.24, 2.45) is 4.99 Å². The molecule has 0 aliphatic carbocycles. The highest BCUT2D eigenvalue weighted by atomic mass is 35.5. The van der Waals surface area contributed by atoms with Gasteiger partial charge in [-0.3, -0.25) is 14.7 Å². The quantitative estimate of drug-likeness (QED) is 0.226. The molecule has 1 amide bonds. The predicted octanol–water partition coefficient (Wildman–Crippen LogP) is 9.02. The van der Waals surface area contributed by atoms with E-state index in [1.807, 2.05) is 75.4 Å². The second kappa shape index (κ2) is 10.7. The number of carbonyl (C=O) groups is 1. The maximum Gasteiger partial charge on any atom is 0.296 e. The number of rotatable bonds is 6. The van der Waals surface area contributed by atoms with E-state index in [0.717, 1.165) is 22.3 Å². The van der Waals surface area contributed by atoms with E-state index >= 15 is 0 Å². The zero-order valence-electron chi connectivity index (χ0n) is 24.2. The molecule has 41 heavy (non-hydrogen) atoms. The van der Waals surface area contributed by atoms with E-state index in [2.05, 4.69) is 32.9 Å². The first-order valence-corrected chi connectivity index (χ1v) is 14.4. The highest BCUT2D eigenvalue weighted by Crippen LogP contribution is 2.54. The Labute approximate surface area is 251 Å². The van der Waals surface area contributed by atoms with Crippen LogP contribution in [0.4, 0.5) is 0 Å². The summed E-state index contributed by atoms with van der Waals surface area (Å²) >= 11 is 12.6. The predicted molar refractivity (Wildman–Crippen MR) is 165 cm³/mol. The van der Waals surface area contributed by atoms with Crippen molar-refractivity contribution in [2.75, 3.05) is 6.61 Å². The van der Waals surface area contributed by atoms with Crippen LogP contribution >= 0.6 is 23.2 Å². The second-order valence-electron chi connectivity index (χ2n) is 11.6. The van der Waals surface area contributed by atoms with Crippen LogP contribution in [0.2, 0.25) is 10.0 Å². The lowest BCUT2D eigenvalue weighted by Crippen LogP contribution is -2.55. The van der Waals surface area contributed by atoms with Crippen molar-refractivity contribution in [3.05, 3.63) is 123 Å². The molecule has 5 nitrogen and oxygen atoms in total. The first-order valence-electron chi connectivity index (χ1n) is 13.7. The van der Waals surface area contributed by atoms with Gasteiger partial charge in [0.1, 0.15) is 22.7 Å². The van der Waals surface area contributed by atoms with Gasteiger partial charge in [-0.1, -0.05) is 74.3 Å². The highest BCUT2D eigenvalue weighted by Gasteiger charge is 2.60. The molecule has 0 unspecified atom stereocenters. The Morgan fingerprint density at radius 2 is 1.54 bits per heavy atom. The number of furan rings is 1. The number of aliphatic imine (C=N–C) groups is 1. The van der Waals surface area contributed by atoms with Gasteiger partial charge in [-0.2, -0.15) is 0 Å². The van der Waals surface area contributed by atoms with Crippen LogP contribution in [0.15, 0.2) is 94.5 Å². The van der Waals surface area contributed by atoms with E-state index in [-0.39, 0.29) is 17.1 Å². The van der Waals surface area contributed by atoms with Gasteiger partial charge < -0.3 is 9.15 Å². The molecule has 0 saturated carbocycles. The third-order valence-corrected chi connectivity index (χ3v) is 8.58. The van der Waals surface area contributed by atoms with Gasteiger partial charge in [0.15, 0.2) is 5.76 Å². The molecule has 0 fully saturated rings. The van der Waals surface area contributed by atoms with Crippen molar-refractivity contribution in [1.82, 2.24) is 4.90 Å². The van der Waals surface area contributed by atoms with Crippen molar-refractivity contribution >= 4 is 34.9 Å². The van der Waals surface area contributed by atoms with Crippen LogP contribution in [0, 0.1) is 0 Å². The van der Waals surface area contributed by atoms with Crippen LogP contribution in [0.3, 0.4) is 0 Å². The van der Waals surface area contributed by atoms with Crippen LogP contribution in [0.1, 0.15) is 74.4 Å². The van der Waals surface area contributed by atoms with Gasteiger partial charge in [-0.05, 0) is 91.4 Å². The lowest BCUT2D eigenvalue weighted by Gasteiger charge is -2.45. The Bertz CT molecular complexity index is 1590. The molecule has 7 heteroatoms. The summed E-state index contributed by atoms with van der Waals surface area (Å²) in [5.74, 6) is 1.05. The standard InChI is InChI=1S/C34H34Cl2N2O3/c1-7-40-29-21-24(32(2,3)4)14-19-27(29)30-37-33(5,22-10-15-25(35)16-11-22)34(6,23-12-17-26(36)18-13-23)38(30)31(39)28-9-8-20-41-28/h8-21H,7H2,1-6H3/t33-,34+/m0/s1. The van der Waals surface area contributed by atoms with Gasteiger partial charge in [-0.15, -0.1) is 0 Å². The first kappa shape index (κ1) is 29.0. The lowest BCUT2D eigenvalue weighted by molar-refractivity contribution is 0.0585. The van der Waals surface area contributed by atoms with Crippen molar-refractivity contribution in [3.63, 3.8) is 0 Å².